The van der Waals surface area contributed by atoms with Crippen LogP contribution in [0.2, 0.25) is 0 Å². The summed E-state index contributed by atoms with van der Waals surface area (Å²) < 4.78 is 5.67. The molecule has 0 aliphatic rings. The second kappa shape index (κ2) is 11.0. The highest BCUT2D eigenvalue weighted by atomic mass is 16.5. The van der Waals surface area contributed by atoms with E-state index in [2.05, 4.69) is 38.6 Å². The van der Waals surface area contributed by atoms with Crippen molar-refractivity contribution in [3.63, 3.8) is 0 Å². The Morgan fingerprint density at radius 2 is 1.92 bits per heavy atom. The number of ketones is 1. The molecule has 1 rings (SSSR count). The van der Waals surface area contributed by atoms with Crippen LogP contribution in [0.3, 0.4) is 0 Å². The van der Waals surface area contributed by atoms with Gasteiger partial charge < -0.3 is 4.74 Å². The van der Waals surface area contributed by atoms with Crippen LogP contribution < -0.4 is 0 Å². The molecule has 0 amide bonds. The minimum absolute atomic E-state index is 0.294. The highest BCUT2D eigenvalue weighted by Crippen LogP contribution is 2.28. The molecule has 0 heterocycles. The molecule has 0 saturated carbocycles. The summed E-state index contributed by atoms with van der Waals surface area (Å²) in [5, 5.41) is 0. The molecule has 1 atom stereocenters. The summed E-state index contributed by atoms with van der Waals surface area (Å²) in [7, 11) is 0. The van der Waals surface area contributed by atoms with Crippen LogP contribution in [-0.4, -0.2) is 12.4 Å². The second-order valence-corrected chi connectivity index (χ2v) is 6.86. The summed E-state index contributed by atoms with van der Waals surface area (Å²) >= 11 is 0. The molecule has 24 heavy (non-hydrogen) atoms. The number of unbranched alkanes of at least 4 members (excludes halogenated alkanes) is 1. The van der Waals surface area contributed by atoms with Crippen molar-refractivity contribution in [2.24, 2.45) is 5.41 Å². The quantitative estimate of drug-likeness (QED) is 0.354. The monoisotopic (exact) mass is 328 g/mol. The molecule has 0 radical (unpaired) electrons. The van der Waals surface area contributed by atoms with Gasteiger partial charge in [-0.05, 0) is 52.0 Å². The van der Waals surface area contributed by atoms with Gasteiger partial charge in [0, 0.05) is 18.4 Å². The van der Waals surface area contributed by atoms with E-state index in [0.717, 1.165) is 25.7 Å². The molecule has 1 aromatic carbocycles. The van der Waals surface area contributed by atoms with Crippen LogP contribution in [0.1, 0.15) is 58.4 Å². The number of rotatable bonds is 12. The Hall–Kier alpha value is -1.67. The topological polar surface area (TPSA) is 26.3 Å². The summed E-state index contributed by atoms with van der Waals surface area (Å²) in [6.45, 7) is 11.4. The fourth-order valence-corrected chi connectivity index (χ4v) is 2.56. The number of carbonyl (C=O) groups excluding carboxylic acids is 1. The van der Waals surface area contributed by atoms with Crippen molar-refractivity contribution in [2.75, 3.05) is 6.61 Å². The van der Waals surface area contributed by atoms with E-state index in [1.807, 2.05) is 31.2 Å². The minimum atomic E-state index is -0.406. The average Bonchev–Trinajstić information content (AvgIpc) is 2.58. The van der Waals surface area contributed by atoms with E-state index in [1.165, 1.54) is 11.1 Å². The van der Waals surface area contributed by atoms with E-state index < -0.39 is 5.41 Å². The van der Waals surface area contributed by atoms with Crippen LogP contribution in [-0.2, 0) is 16.1 Å². The molecule has 0 unspecified atom stereocenters. The number of allylic oxidation sites excluding steroid dienone is 3. The van der Waals surface area contributed by atoms with E-state index in [1.54, 1.807) is 0 Å². The third-order valence-electron chi connectivity index (χ3n) is 4.36. The van der Waals surface area contributed by atoms with Gasteiger partial charge in [-0.15, -0.1) is 6.58 Å². The number of hydrogen-bond acceptors (Lipinski definition) is 2. The first kappa shape index (κ1) is 20.4. The van der Waals surface area contributed by atoms with Gasteiger partial charge in [0.05, 0.1) is 6.61 Å². The zero-order valence-electron chi connectivity index (χ0n) is 15.5. The first-order valence-electron chi connectivity index (χ1n) is 8.90. The molecule has 0 fully saturated rings. The lowest BCUT2D eigenvalue weighted by Gasteiger charge is -2.23. The van der Waals surface area contributed by atoms with Gasteiger partial charge >= 0.3 is 0 Å². The third kappa shape index (κ3) is 7.74. The maximum Gasteiger partial charge on any atom is 0.142 e. The molecule has 0 aromatic heterocycles. The Morgan fingerprint density at radius 3 is 2.54 bits per heavy atom. The largest absolute Gasteiger partial charge is 0.377 e. The Balaban J connectivity index is 2.23. The van der Waals surface area contributed by atoms with Crippen molar-refractivity contribution in [2.45, 2.75) is 59.5 Å². The van der Waals surface area contributed by atoms with Crippen LogP contribution in [0.25, 0.3) is 0 Å². The van der Waals surface area contributed by atoms with Crippen LogP contribution in [0, 0.1) is 5.41 Å². The zero-order chi connectivity index (χ0) is 17.8. The van der Waals surface area contributed by atoms with Gasteiger partial charge in [-0.2, -0.15) is 0 Å². The Morgan fingerprint density at radius 1 is 1.21 bits per heavy atom. The summed E-state index contributed by atoms with van der Waals surface area (Å²) in [6.07, 6.45) is 8.17. The van der Waals surface area contributed by atoms with Crippen molar-refractivity contribution < 1.29 is 9.53 Å². The van der Waals surface area contributed by atoms with Gasteiger partial charge in [0.1, 0.15) is 5.78 Å². The lowest BCUT2D eigenvalue weighted by Crippen LogP contribution is -2.25. The molecular formula is C22H32O2. The van der Waals surface area contributed by atoms with E-state index >= 15 is 0 Å². The maximum atomic E-state index is 12.5. The SMILES string of the molecule is C=C[C@@](C)(CCC=C(C)C)C(=O)CCCCOCc1ccccc1. The molecule has 0 saturated heterocycles. The third-order valence-corrected chi connectivity index (χ3v) is 4.36. The molecular weight excluding hydrogens is 296 g/mol. The van der Waals surface area contributed by atoms with Crippen molar-refractivity contribution >= 4 is 5.78 Å². The van der Waals surface area contributed by atoms with E-state index in [-0.39, 0.29) is 0 Å². The van der Waals surface area contributed by atoms with Crippen molar-refractivity contribution in [3.8, 4) is 0 Å². The lowest BCUT2D eigenvalue weighted by molar-refractivity contribution is -0.126. The van der Waals surface area contributed by atoms with Gasteiger partial charge in [-0.3, -0.25) is 4.79 Å². The van der Waals surface area contributed by atoms with Gasteiger partial charge in [0.15, 0.2) is 0 Å². The van der Waals surface area contributed by atoms with Crippen LogP contribution in [0.15, 0.2) is 54.6 Å². The maximum absolute atomic E-state index is 12.5. The van der Waals surface area contributed by atoms with Crippen molar-refractivity contribution in [3.05, 3.63) is 60.2 Å². The number of Topliss-reactive ketones (excluding diaryl/α,β-unsaturated/α-hetero) is 1. The number of carbonyl (C=O) groups is 1. The van der Waals surface area contributed by atoms with Gasteiger partial charge in [-0.1, -0.05) is 48.1 Å². The molecule has 2 nitrogen and oxygen atoms in total. The predicted molar refractivity (Wildman–Crippen MR) is 102 cm³/mol. The highest BCUT2D eigenvalue weighted by Gasteiger charge is 2.27. The lowest BCUT2D eigenvalue weighted by atomic mass is 9.79. The average molecular weight is 328 g/mol. The van der Waals surface area contributed by atoms with E-state index in [4.69, 9.17) is 4.74 Å². The second-order valence-electron chi connectivity index (χ2n) is 6.86. The van der Waals surface area contributed by atoms with Gasteiger partial charge in [-0.25, -0.2) is 0 Å². The molecule has 0 bridgehead atoms. The Kier molecular flexibility index (Phi) is 9.33. The molecule has 0 aliphatic carbocycles. The van der Waals surface area contributed by atoms with Gasteiger partial charge in [0.25, 0.3) is 0 Å². The standard InChI is InChI=1S/C22H32O2/c1-5-22(4,16-11-12-19(2)3)21(23)15-9-10-17-24-18-20-13-7-6-8-14-20/h5-8,12-14H,1,9-11,15-18H2,2-4H3/t22-/m0/s1. The number of ether oxygens (including phenoxy) is 1. The summed E-state index contributed by atoms with van der Waals surface area (Å²) in [6, 6.07) is 10.2. The summed E-state index contributed by atoms with van der Waals surface area (Å²) in [4.78, 5) is 12.5. The normalized spacial score (nSPS) is 13.1. The Bertz CT molecular complexity index is 526. The van der Waals surface area contributed by atoms with Crippen LogP contribution in [0.4, 0.5) is 0 Å². The smallest absolute Gasteiger partial charge is 0.142 e. The van der Waals surface area contributed by atoms with Crippen LogP contribution in [0.5, 0.6) is 0 Å². The first-order valence-corrected chi connectivity index (χ1v) is 8.90. The summed E-state index contributed by atoms with van der Waals surface area (Å²) in [5.74, 6) is 0.294. The van der Waals surface area contributed by atoms with E-state index in [9.17, 15) is 4.79 Å². The minimum Gasteiger partial charge on any atom is -0.377 e. The highest BCUT2D eigenvalue weighted by molar-refractivity contribution is 5.86. The molecule has 132 valence electrons. The number of benzene rings is 1. The first-order chi connectivity index (χ1) is 11.5. The Labute approximate surface area is 147 Å². The fraction of sp³-hybridized carbons (Fsp3) is 0.500. The predicted octanol–water partition coefficient (Wildman–Crippen LogP) is 5.88. The zero-order valence-corrected chi connectivity index (χ0v) is 15.5. The van der Waals surface area contributed by atoms with Crippen molar-refractivity contribution in [1.82, 2.24) is 0 Å². The van der Waals surface area contributed by atoms with Crippen molar-refractivity contribution in [1.29, 1.82) is 0 Å². The molecule has 1 aromatic rings. The molecule has 2 heteroatoms. The fourth-order valence-electron chi connectivity index (χ4n) is 2.56. The summed E-state index contributed by atoms with van der Waals surface area (Å²) in [5.41, 5.74) is 2.08. The molecule has 0 aliphatic heterocycles. The van der Waals surface area contributed by atoms with Gasteiger partial charge in [0.2, 0.25) is 0 Å². The molecule has 0 spiro atoms. The number of hydrogen-bond donors (Lipinski definition) is 0. The molecule has 0 N–H and O–H groups in total. The van der Waals surface area contributed by atoms with E-state index in [0.29, 0.717) is 25.4 Å². The van der Waals surface area contributed by atoms with Crippen LogP contribution >= 0.6 is 0 Å².